The van der Waals surface area contributed by atoms with Crippen LogP contribution in [0.1, 0.15) is 0 Å². The van der Waals surface area contributed by atoms with Crippen LogP contribution < -0.4 is 4.52 Å². The van der Waals surface area contributed by atoms with E-state index in [1.165, 1.54) is 6.07 Å². The second-order valence-electron chi connectivity index (χ2n) is 2.95. The molecular weight excluding hydrogens is 241 g/mol. The van der Waals surface area contributed by atoms with Crippen molar-refractivity contribution < 1.29 is 18.9 Å². The van der Waals surface area contributed by atoms with Crippen molar-refractivity contribution in [3.8, 4) is 5.88 Å². The van der Waals surface area contributed by atoms with E-state index in [1.54, 1.807) is 18.2 Å². The number of fused-ring (bicyclic) bond motifs is 1. The van der Waals surface area contributed by atoms with Gasteiger partial charge < -0.3 is 9.51 Å². The first-order chi connectivity index (χ1) is 6.94. The van der Waals surface area contributed by atoms with Gasteiger partial charge in [-0.3, -0.25) is 9.79 Å². The molecule has 0 radical (unpaired) electrons. The van der Waals surface area contributed by atoms with Crippen LogP contribution in [0.4, 0.5) is 0 Å². The predicted molar refractivity (Wildman–Crippen MR) is 56.0 cm³/mol. The fraction of sp³-hybridized carbons (Fsp3) is 0. The molecule has 80 valence electrons. The van der Waals surface area contributed by atoms with Crippen molar-refractivity contribution in [2.45, 2.75) is 0 Å². The number of H-pyrrole nitrogens is 1. The van der Waals surface area contributed by atoms with Crippen LogP contribution in [0, 0.1) is 0 Å². The Morgan fingerprint density at radius 2 is 2.07 bits per heavy atom. The molecule has 0 saturated carbocycles. The molecule has 7 heteroatoms. The van der Waals surface area contributed by atoms with E-state index in [0.717, 1.165) is 5.39 Å². The Morgan fingerprint density at radius 3 is 2.73 bits per heavy atom. The molecule has 2 rings (SSSR count). The summed E-state index contributed by atoms with van der Waals surface area (Å²) in [5.74, 6) is 0.0144. The summed E-state index contributed by atoms with van der Waals surface area (Å²) >= 11 is 5.75. The Hall–Kier alpha value is -1.00. The van der Waals surface area contributed by atoms with Crippen LogP contribution in [0.5, 0.6) is 5.88 Å². The minimum absolute atomic E-state index is 0.0144. The Morgan fingerprint density at radius 1 is 1.33 bits per heavy atom. The molecule has 0 bridgehead atoms. The molecule has 0 unspecified atom stereocenters. The van der Waals surface area contributed by atoms with Crippen LogP contribution in [0.25, 0.3) is 10.9 Å². The van der Waals surface area contributed by atoms with Gasteiger partial charge in [-0.2, -0.15) is 0 Å². The van der Waals surface area contributed by atoms with Gasteiger partial charge in [0, 0.05) is 22.0 Å². The summed E-state index contributed by atoms with van der Waals surface area (Å²) in [5.41, 5.74) is 0.697. The van der Waals surface area contributed by atoms with E-state index < -0.39 is 7.82 Å². The number of benzene rings is 1. The first-order valence-corrected chi connectivity index (χ1v) is 5.88. The maximum Gasteiger partial charge on any atom is 0.525 e. The van der Waals surface area contributed by atoms with Crippen LogP contribution in [0.15, 0.2) is 24.3 Å². The SMILES string of the molecule is O=P(O)(O)Oc1cc2cc(Cl)ccc2[nH]1. The van der Waals surface area contributed by atoms with Gasteiger partial charge in [-0.05, 0) is 18.2 Å². The smallest absolute Gasteiger partial charge is 0.388 e. The van der Waals surface area contributed by atoms with E-state index >= 15 is 0 Å². The van der Waals surface area contributed by atoms with Crippen molar-refractivity contribution in [3.63, 3.8) is 0 Å². The molecule has 1 heterocycles. The van der Waals surface area contributed by atoms with Gasteiger partial charge in [0.15, 0.2) is 0 Å². The number of aromatic nitrogens is 1. The average Bonchev–Trinajstić information content (AvgIpc) is 2.42. The summed E-state index contributed by atoms with van der Waals surface area (Å²) in [7, 11) is -4.52. The summed E-state index contributed by atoms with van der Waals surface area (Å²) in [5, 5.41) is 1.27. The summed E-state index contributed by atoms with van der Waals surface area (Å²) in [6.45, 7) is 0. The second kappa shape index (κ2) is 3.54. The largest absolute Gasteiger partial charge is 0.525 e. The summed E-state index contributed by atoms with van der Waals surface area (Å²) < 4.78 is 15.0. The van der Waals surface area contributed by atoms with Crippen molar-refractivity contribution in [3.05, 3.63) is 29.3 Å². The molecule has 1 aromatic heterocycles. The predicted octanol–water partition coefficient (Wildman–Crippen LogP) is 2.29. The molecular formula is C8H7ClNO4P. The minimum Gasteiger partial charge on any atom is -0.388 e. The average molecular weight is 248 g/mol. The molecule has 0 amide bonds. The topological polar surface area (TPSA) is 82.6 Å². The number of hydrogen-bond acceptors (Lipinski definition) is 2. The zero-order chi connectivity index (χ0) is 11.1. The Balaban J connectivity index is 2.43. The first-order valence-electron chi connectivity index (χ1n) is 3.97. The second-order valence-corrected chi connectivity index (χ2v) is 4.55. The fourth-order valence-electron chi connectivity index (χ4n) is 1.25. The molecule has 0 aliphatic heterocycles. The van der Waals surface area contributed by atoms with Gasteiger partial charge in [-0.15, -0.1) is 0 Å². The van der Waals surface area contributed by atoms with E-state index in [1.807, 2.05) is 0 Å². The third-order valence-corrected chi connectivity index (χ3v) is 2.44. The van der Waals surface area contributed by atoms with Crippen molar-refractivity contribution >= 4 is 30.3 Å². The highest BCUT2D eigenvalue weighted by atomic mass is 35.5. The van der Waals surface area contributed by atoms with Gasteiger partial charge in [-0.1, -0.05) is 11.6 Å². The van der Waals surface area contributed by atoms with E-state index in [-0.39, 0.29) is 5.88 Å². The lowest BCUT2D eigenvalue weighted by Crippen LogP contribution is -1.89. The van der Waals surface area contributed by atoms with E-state index in [0.29, 0.717) is 10.5 Å². The Bertz CT molecular complexity index is 547. The molecule has 3 N–H and O–H groups in total. The molecule has 0 aliphatic carbocycles. The van der Waals surface area contributed by atoms with Crippen molar-refractivity contribution in [2.24, 2.45) is 0 Å². The third-order valence-electron chi connectivity index (χ3n) is 1.78. The van der Waals surface area contributed by atoms with Crippen molar-refractivity contribution in [1.82, 2.24) is 4.98 Å². The molecule has 2 aromatic rings. The summed E-state index contributed by atoms with van der Waals surface area (Å²) in [6, 6.07) is 6.51. The van der Waals surface area contributed by atoms with Crippen molar-refractivity contribution in [2.75, 3.05) is 0 Å². The zero-order valence-electron chi connectivity index (χ0n) is 7.35. The highest BCUT2D eigenvalue weighted by molar-refractivity contribution is 7.46. The number of phosphoric acid groups is 1. The number of nitrogens with one attached hydrogen (secondary N) is 1. The van der Waals surface area contributed by atoms with Crippen LogP contribution in [-0.2, 0) is 4.57 Å². The van der Waals surface area contributed by atoms with Gasteiger partial charge in [0.1, 0.15) is 0 Å². The van der Waals surface area contributed by atoms with Crippen LogP contribution in [-0.4, -0.2) is 14.8 Å². The fourth-order valence-corrected chi connectivity index (χ4v) is 1.79. The number of aromatic amines is 1. The lowest BCUT2D eigenvalue weighted by molar-refractivity contribution is 0.280. The van der Waals surface area contributed by atoms with Gasteiger partial charge in [0.25, 0.3) is 0 Å². The van der Waals surface area contributed by atoms with Crippen molar-refractivity contribution in [1.29, 1.82) is 0 Å². The first kappa shape index (κ1) is 10.5. The molecule has 5 nitrogen and oxygen atoms in total. The van der Waals surface area contributed by atoms with Gasteiger partial charge in [-0.25, -0.2) is 4.57 Å². The van der Waals surface area contributed by atoms with Gasteiger partial charge >= 0.3 is 7.82 Å². The maximum absolute atomic E-state index is 10.6. The standard InChI is InChI=1S/C8H7ClNO4P/c9-6-1-2-7-5(3-6)4-8(10-7)14-15(11,12)13/h1-4,10H,(H2,11,12,13). The quantitative estimate of drug-likeness (QED) is 0.711. The monoisotopic (exact) mass is 247 g/mol. The number of phosphoric ester groups is 1. The normalized spacial score (nSPS) is 11.9. The number of halogens is 1. The van der Waals surface area contributed by atoms with E-state index in [2.05, 4.69) is 9.51 Å². The molecule has 0 atom stereocenters. The maximum atomic E-state index is 10.6. The van der Waals surface area contributed by atoms with Crippen LogP contribution in [0.3, 0.4) is 0 Å². The van der Waals surface area contributed by atoms with Crippen LogP contribution in [0.2, 0.25) is 5.02 Å². The van der Waals surface area contributed by atoms with E-state index in [4.69, 9.17) is 21.4 Å². The number of hydrogen-bond donors (Lipinski definition) is 3. The molecule has 0 saturated heterocycles. The molecule has 0 spiro atoms. The number of rotatable bonds is 2. The molecule has 1 aromatic carbocycles. The van der Waals surface area contributed by atoms with Crippen LogP contribution >= 0.6 is 19.4 Å². The Kier molecular flexibility index (Phi) is 2.48. The Labute approximate surface area is 89.9 Å². The molecule has 0 fully saturated rings. The zero-order valence-corrected chi connectivity index (χ0v) is 9.00. The highest BCUT2D eigenvalue weighted by Gasteiger charge is 2.17. The lowest BCUT2D eigenvalue weighted by atomic mass is 10.2. The molecule has 0 aliphatic rings. The molecule has 15 heavy (non-hydrogen) atoms. The van der Waals surface area contributed by atoms with Gasteiger partial charge in [0.05, 0.1) is 0 Å². The highest BCUT2D eigenvalue weighted by Crippen LogP contribution is 2.38. The third kappa shape index (κ3) is 2.52. The summed E-state index contributed by atoms with van der Waals surface area (Å²) in [6.07, 6.45) is 0. The van der Waals surface area contributed by atoms with Gasteiger partial charge in [0.2, 0.25) is 5.88 Å². The summed E-state index contributed by atoms with van der Waals surface area (Å²) in [4.78, 5) is 19.9. The van der Waals surface area contributed by atoms with E-state index in [9.17, 15) is 4.57 Å². The lowest BCUT2D eigenvalue weighted by Gasteiger charge is -2.02. The minimum atomic E-state index is -4.52.